The van der Waals surface area contributed by atoms with Gasteiger partial charge in [-0.2, -0.15) is 0 Å². The van der Waals surface area contributed by atoms with Crippen molar-refractivity contribution in [1.82, 2.24) is 10.5 Å². The first-order chi connectivity index (χ1) is 10.2. The smallest absolute Gasteiger partial charge is 0.256 e. The number of benzene rings is 1. The van der Waals surface area contributed by atoms with E-state index in [9.17, 15) is 4.79 Å². The molecule has 2 rings (SSSR count). The number of unbranched alkanes of at least 4 members (excludes halogenated alkanes) is 3. The second kappa shape index (κ2) is 8.36. The maximum absolute atomic E-state index is 11.8. The topological polar surface area (TPSA) is 62.2 Å². The van der Waals surface area contributed by atoms with Crippen molar-refractivity contribution in [2.24, 2.45) is 0 Å². The van der Waals surface area contributed by atoms with E-state index in [0.717, 1.165) is 33.8 Å². The standard InChI is InChI=1S/C15H20N2O2S2/c1-2-3-4-5-10-13(14(18)17-19)21-15-16-11-8-6-7-9-12(11)20-15/h6-9,13,19H,2-5,10H2,1H3,(H,17,18). The van der Waals surface area contributed by atoms with Crippen LogP contribution in [-0.2, 0) is 4.79 Å². The molecule has 0 saturated carbocycles. The number of para-hydroxylation sites is 1. The van der Waals surface area contributed by atoms with Gasteiger partial charge in [-0.1, -0.05) is 56.5 Å². The predicted molar refractivity (Wildman–Crippen MR) is 88.0 cm³/mol. The van der Waals surface area contributed by atoms with E-state index in [0.29, 0.717) is 0 Å². The van der Waals surface area contributed by atoms with Crippen LogP contribution < -0.4 is 5.48 Å². The molecule has 1 aromatic carbocycles. The van der Waals surface area contributed by atoms with Gasteiger partial charge in [0.25, 0.3) is 5.91 Å². The van der Waals surface area contributed by atoms with E-state index in [1.807, 2.05) is 24.3 Å². The molecule has 0 fully saturated rings. The average Bonchev–Trinajstić information content (AvgIpc) is 2.92. The minimum atomic E-state index is -0.337. The number of hydroxylamine groups is 1. The lowest BCUT2D eigenvalue weighted by Gasteiger charge is -2.12. The molecule has 4 nitrogen and oxygen atoms in total. The number of fused-ring (bicyclic) bond motifs is 1. The Labute approximate surface area is 132 Å². The van der Waals surface area contributed by atoms with E-state index in [4.69, 9.17) is 5.21 Å². The molecule has 0 aliphatic heterocycles. The van der Waals surface area contributed by atoms with Crippen molar-refractivity contribution < 1.29 is 10.0 Å². The number of thioether (sulfide) groups is 1. The fourth-order valence-corrected chi connectivity index (χ4v) is 4.44. The molecule has 6 heteroatoms. The summed E-state index contributed by atoms with van der Waals surface area (Å²) in [4.78, 5) is 16.3. The van der Waals surface area contributed by atoms with Gasteiger partial charge in [-0.25, -0.2) is 10.5 Å². The van der Waals surface area contributed by atoms with Gasteiger partial charge in [0.15, 0.2) is 4.34 Å². The van der Waals surface area contributed by atoms with Gasteiger partial charge in [0.1, 0.15) is 0 Å². The number of carbonyl (C=O) groups excluding carboxylic acids is 1. The van der Waals surface area contributed by atoms with Crippen molar-refractivity contribution in [1.29, 1.82) is 0 Å². The van der Waals surface area contributed by atoms with Crippen molar-refractivity contribution in [2.75, 3.05) is 0 Å². The number of rotatable bonds is 8. The molecule has 0 saturated heterocycles. The number of hydrogen-bond acceptors (Lipinski definition) is 5. The molecular weight excluding hydrogens is 304 g/mol. The first kappa shape index (κ1) is 16.3. The molecule has 114 valence electrons. The Bertz CT molecular complexity index is 553. The van der Waals surface area contributed by atoms with Gasteiger partial charge in [-0.3, -0.25) is 10.0 Å². The molecular formula is C15H20N2O2S2. The molecule has 0 aliphatic carbocycles. The molecule has 1 aromatic heterocycles. The second-order valence-electron chi connectivity index (χ2n) is 4.88. The number of amides is 1. The number of nitrogens with one attached hydrogen (secondary N) is 1. The van der Waals surface area contributed by atoms with Gasteiger partial charge < -0.3 is 0 Å². The molecule has 2 aromatic rings. The summed E-state index contributed by atoms with van der Waals surface area (Å²) >= 11 is 3.03. The molecule has 0 radical (unpaired) electrons. The lowest BCUT2D eigenvalue weighted by Crippen LogP contribution is -2.30. The Morgan fingerprint density at radius 2 is 2.19 bits per heavy atom. The van der Waals surface area contributed by atoms with Crippen LogP contribution >= 0.6 is 23.1 Å². The minimum absolute atomic E-state index is 0.285. The molecule has 1 unspecified atom stereocenters. The highest BCUT2D eigenvalue weighted by atomic mass is 32.2. The summed E-state index contributed by atoms with van der Waals surface area (Å²) in [6.45, 7) is 2.16. The highest BCUT2D eigenvalue weighted by molar-refractivity contribution is 8.02. The lowest BCUT2D eigenvalue weighted by atomic mass is 10.1. The second-order valence-corrected chi connectivity index (χ2v) is 7.36. The van der Waals surface area contributed by atoms with Crippen LogP contribution in [0.5, 0.6) is 0 Å². The predicted octanol–water partition coefficient (Wildman–Crippen LogP) is 4.23. The average molecular weight is 324 g/mol. The number of nitrogens with zero attached hydrogens (tertiary/aromatic N) is 1. The Morgan fingerprint density at radius 3 is 2.90 bits per heavy atom. The van der Waals surface area contributed by atoms with Gasteiger partial charge in [0.2, 0.25) is 0 Å². The normalized spacial score (nSPS) is 12.5. The largest absolute Gasteiger partial charge is 0.289 e. The Kier molecular flexibility index (Phi) is 6.48. The van der Waals surface area contributed by atoms with Gasteiger partial charge in [-0.05, 0) is 18.6 Å². The summed E-state index contributed by atoms with van der Waals surface area (Å²) in [5.74, 6) is -0.337. The monoisotopic (exact) mass is 324 g/mol. The van der Waals surface area contributed by atoms with Crippen LogP contribution in [-0.4, -0.2) is 21.3 Å². The van der Waals surface area contributed by atoms with Crippen LogP contribution in [0.4, 0.5) is 0 Å². The van der Waals surface area contributed by atoms with E-state index >= 15 is 0 Å². The molecule has 1 amide bonds. The summed E-state index contributed by atoms with van der Waals surface area (Å²) < 4.78 is 1.99. The number of aromatic nitrogens is 1. The third kappa shape index (κ3) is 4.69. The van der Waals surface area contributed by atoms with E-state index in [-0.39, 0.29) is 11.2 Å². The first-order valence-electron chi connectivity index (χ1n) is 7.20. The summed E-state index contributed by atoms with van der Waals surface area (Å²) in [5.41, 5.74) is 2.73. The van der Waals surface area contributed by atoms with Crippen LogP contribution in [0.3, 0.4) is 0 Å². The summed E-state index contributed by atoms with van der Waals surface area (Å²) in [7, 11) is 0. The van der Waals surface area contributed by atoms with Crippen molar-refractivity contribution in [3.05, 3.63) is 24.3 Å². The zero-order valence-electron chi connectivity index (χ0n) is 12.0. The number of thiazole rings is 1. The van der Waals surface area contributed by atoms with Gasteiger partial charge in [-0.15, -0.1) is 11.3 Å². The summed E-state index contributed by atoms with van der Waals surface area (Å²) in [5, 5.41) is 8.61. The van der Waals surface area contributed by atoms with Crippen molar-refractivity contribution >= 4 is 39.2 Å². The molecule has 0 spiro atoms. The summed E-state index contributed by atoms with van der Waals surface area (Å²) in [6, 6.07) is 7.94. The zero-order chi connectivity index (χ0) is 15.1. The maximum atomic E-state index is 11.8. The summed E-state index contributed by atoms with van der Waals surface area (Å²) in [6.07, 6.45) is 5.21. The van der Waals surface area contributed by atoms with E-state index < -0.39 is 0 Å². The molecule has 21 heavy (non-hydrogen) atoms. The van der Waals surface area contributed by atoms with Crippen LogP contribution in [0.1, 0.15) is 39.0 Å². The zero-order valence-corrected chi connectivity index (χ0v) is 13.7. The Balaban J connectivity index is 2.01. The molecule has 0 bridgehead atoms. The fraction of sp³-hybridized carbons (Fsp3) is 0.467. The van der Waals surface area contributed by atoms with Gasteiger partial charge in [0.05, 0.1) is 15.5 Å². The lowest BCUT2D eigenvalue weighted by molar-refractivity contribution is -0.128. The molecule has 1 atom stereocenters. The van der Waals surface area contributed by atoms with Crippen molar-refractivity contribution in [3.8, 4) is 0 Å². The SMILES string of the molecule is CCCCCCC(Sc1nc2ccccc2s1)C(=O)NO. The maximum Gasteiger partial charge on any atom is 0.256 e. The van der Waals surface area contributed by atoms with Crippen molar-refractivity contribution in [2.45, 2.75) is 48.6 Å². The highest BCUT2D eigenvalue weighted by Gasteiger charge is 2.20. The van der Waals surface area contributed by atoms with Crippen LogP contribution in [0.25, 0.3) is 10.2 Å². The van der Waals surface area contributed by atoms with E-state index in [1.54, 1.807) is 16.8 Å². The van der Waals surface area contributed by atoms with Crippen molar-refractivity contribution in [3.63, 3.8) is 0 Å². The third-order valence-corrected chi connectivity index (χ3v) is 5.64. The highest BCUT2D eigenvalue weighted by Crippen LogP contribution is 2.33. The molecule has 1 heterocycles. The fourth-order valence-electron chi connectivity index (χ4n) is 2.10. The Hall–Kier alpha value is -1.11. The minimum Gasteiger partial charge on any atom is -0.289 e. The first-order valence-corrected chi connectivity index (χ1v) is 8.90. The van der Waals surface area contributed by atoms with Gasteiger partial charge in [0, 0.05) is 0 Å². The molecule has 2 N–H and O–H groups in total. The van der Waals surface area contributed by atoms with E-state index in [1.165, 1.54) is 24.6 Å². The van der Waals surface area contributed by atoms with Crippen LogP contribution in [0.2, 0.25) is 0 Å². The molecule has 0 aliphatic rings. The third-order valence-electron chi connectivity index (χ3n) is 3.24. The van der Waals surface area contributed by atoms with Gasteiger partial charge >= 0.3 is 0 Å². The van der Waals surface area contributed by atoms with Crippen LogP contribution in [0.15, 0.2) is 28.6 Å². The van der Waals surface area contributed by atoms with Crippen LogP contribution in [0, 0.1) is 0 Å². The number of carbonyl (C=O) groups is 1. The Morgan fingerprint density at radius 1 is 1.38 bits per heavy atom. The van der Waals surface area contributed by atoms with E-state index in [2.05, 4.69) is 11.9 Å². The number of hydrogen-bond donors (Lipinski definition) is 2. The quantitative estimate of drug-likeness (QED) is 0.330.